The SMILES string of the molecule is O=C1CC2(CCCCC2)C(=O)N1[C@@H](CO)c1ccccc1. The zero-order chi connectivity index (χ0) is 14.9. The number of imide groups is 1. The van der Waals surface area contributed by atoms with Crippen molar-refractivity contribution in [3.8, 4) is 0 Å². The molecule has 2 fully saturated rings. The van der Waals surface area contributed by atoms with Crippen molar-refractivity contribution in [2.45, 2.75) is 44.6 Å². The van der Waals surface area contributed by atoms with Crippen LogP contribution in [0.5, 0.6) is 0 Å². The van der Waals surface area contributed by atoms with Gasteiger partial charge in [0.1, 0.15) is 0 Å². The number of nitrogens with zero attached hydrogens (tertiary/aromatic N) is 1. The number of aliphatic hydroxyl groups is 1. The largest absolute Gasteiger partial charge is 0.394 e. The highest BCUT2D eigenvalue weighted by molar-refractivity contribution is 6.06. The molecule has 2 aliphatic rings. The van der Waals surface area contributed by atoms with E-state index in [0.717, 1.165) is 37.7 Å². The minimum absolute atomic E-state index is 0.0740. The molecule has 1 N–H and O–H groups in total. The highest BCUT2D eigenvalue weighted by atomic mass is 16.3. The van der Waals surface area contributed by atoms with Gasteiger partial charge in [-0.3, -0.25) is 14.5 Å². The van der Waals surface area contributed by atoms with Gasteiger partial charge in [-0.1, -0.05) is 49.6 Å². The number of likely N-dealkylation sites (tertiary alicyclic amines) is 1. The van der Waals surface area contributed by atoms with Crippen molar-refractivity contribution in [3.05, 3.63) is 35.9 Å². The van der Waals surface area contributed by atoms with E-state index in [1.165, 1.54) is 4.90 Å². The molecule has 3 rings (SSSR count). The van der Waals surface area contributed by atoms with Gasteiger partial charge in [0, 0.05) is 6.42 Å². The first-order chi connectivity index (χ1) is 10.2. The highest BCUT2D eigenvalue weighted by Crippen LogP contribution is 2.47. The van der Waals surface area contributed by atoms with Gasteiger partial charge in [0.25, 0.3) is 0 Å². The fourth-order valence-corrected chi connectivity index (χ4v) is 3.76. The molecule has 1 saturated carbocycles. The summed E-state index contributed by atoms with van der Waals surface area (Å²) in [6.45, 7) is -0.225. The van der Waals surface area contributed by atoms with Gasteiger partial charge >= 0.3 is 0 Å². The van der Waals surface area contributed by atoms with E-state index in [2.05, 4.69) is 0 Å². The van der Waals surface area contributed by atoms with E-state index in [-0.39, 0.29) is 18.4 Å². The first-order valence-electron chi connectivity index (χ1n) is 7.70. The second kappa shape index (κ2) is 5.60. The maximum Gasteiger partial charge on any atom is 0.236 e. The number of benzene rings is 1. The molecule has 4 heteroatoms. The second-order valence-corrected chi connectivity index (χ2v) is 6.20. The number of hydrogen-bond donors (Lipinski definition) is 1. The van der Waals surface area contributed by atoms with E-state index >= 15 is 0 Å². The number of carbonyl (C=O) groups is 2. The summed E-state index contributed by atoms with van der Waals surface area (Å²) in [7, 11) is 0. The van der Waals surface area contributed by atoms with Crippen LogP contribution in [0.4, 0.5) is 0 Å². The Bertz CT molecular complexity index is 534. The van der Waals surface area contributed by atoms with Crippen LogP contribution in [0.1, 0.15) is 50.1 Å². The fourth-order valence-electron chi connectivity index (χ4n) is 3.76. The quantitative estimate of drug-likeness (QED) is 0.869. The predicted molar refractivity (Wildman–Crippen MR) is 78.3 cm³/mol. The Hall–Kier alpha value is -1.68. The second-order valence-electron chi connectivity index (χ2n) is 6.20. The van der Waals surface area contributed by atoms with Gasteiger partial charge in [0.15, 0.2) is 0 Å². The molecular formula is C17H21NO3. The Morgan fingerprint density at radius 3 is 2.38 bits per heavy atom. The Labute approximate surface area is 124 Å². The molecular weight excluding hydrogens is 266 g/mol. The standard InChI is InChI=1S/C17H21NO3/c19-12-14(13-7-3-1-4-8-13)18-15(20)11-17(16(18)21)9-5-2-6-10-17/h1,3-4,7-8,14,19H,2,5-6,9-12H2/t14-/m0/s1. The van der Waals surface area contributed by atoms with Crippen LogP contribution in [-0.4, -0.2) is 28.4 Å². The Morgan fingerprint density at radius 1 is 1.10 bits per heavy atom. The van der Waals surface area contributed by atoms with Crippen LogP contribution in [0.15, 0.2) is 30.3 Å². The van der Waals surface area contributed by atoms with Crippen molar-refractivity contribution in [3.63, 3.8) is 0 Å². The molecule has 0 unspecified atom stereocenters. The van der Waals surface area contributed by atoms with Crippen molar-refractivity contribution < 1.29 is 14.7 Å². The van der Waals surface area contributed by atoms with Crippen LogP contribution in [0, 0.1) is 5.41 Å². The molecule has 1 aromatic rings. The average molecular weight is 287 g/mol. The Kier molecular flexibility index (Phi) is 3.81. The average Bonchev–Trinajstić information content (AvgIpc) is 2.74. The third-order valence-corrected chi connectivity index (χ3v) is 4.91. The van der Waals surface area contributed by atoms with Crippen LogP contribution >= 0.6 is 0 Å². The van der Waals surface area contributed by atoms with E-state index in [9.17, 15) is 14.7 Å². The fraction of sp³-hybridized carbons (Fsp3) is 0.529. The number of carbonyl (C=O) groups excluding carboxylic acids is 2. The molecule has 1 aromatic carbocycles. The van der Waals surface area contributed by atoms with Gasteiger partial charge in [-0.25, -0.2) is 0 Å². The van der Waals surface area contributed by atoms with E-state index < -0.39 is 11.5 Å². The molecule has 1 heterocycles. The summed E-state index contributed by atoms with van der Waals surface area (Å²) in [5.41, 5.74) is 0.326. The van der Waals surface area contributed by atoms with Crippen molar-refractivity contribution in [1.82, 2.24) is 4.90 Å². The molecule has 1 aliphatic carbocycles. The van der Waals surface area contributed by atoms with Crippen LogP contribution < -0.4 is 0 Å². The van der Waals surface area contributed by atoms with Crippen LogP contribution in [0.2, 0.25) is 0 Å². The molecule has 2 amide bonds. The summed E-state index contributed by atoms with van der Waals surface area (Å²) >= 11 is 0. The summed E-state index contributed by atoms with van der Waals surface area (Å²) in [6, 6.07) is 8.76. The summed E-state index contributed by atoms with van der Waals surface area (Å²) < 4.78 is 0. The van der Waals surface area contributed by atoms with Gasteiger partial charge in [-0.2, -0.15) is 0 Å². The maximum absolute atomic E-state index is 12.9. The van der Waals surface area contributed by atoms with Gasteiger partial charge in [-0.05, 0) is 18.4 Å². The van der Waals surface area contributed by atoms with Crippen molar-refractivity contribution >= 4 is 11.8 Å². The van der Waals surface area contributed by atoms with Crippen LogP contribution in [0.3, 0.4) is 0 Å². The minimum Gasteiger partial charge on any atom is -0.394 e. The van der Waals surface area contributed by atoms with Gasteiger partial charge in [0.05, 0.1) is 18.1 Å². The van der Waals surface area contributed by atoms with Gasteiger partial charge < -0.3 is 5.11 Å². The molecule has 0 radical (unpaired) electrons. The normalized spacial score (nSPS) is 22.8. The van der Waals surface area contributed by atoms with Crippen molar-refractivity contribution in [2.75, 3.05) is 6.61 Å². The smallest absolute Gasteiger partial charge is 0.236 e. The molecule has 21 heavy (non-hydrogen) atoms. The summed E-state index contributed by atoms with van der Waals surface area (Å²) in [4.78, 5) is 26.6. The molecule has 1 spiro atoms. The van der Waals surface area contributed by atoms with E-state index in [0.29, 0.717) is 6.42 Å². The third-order valence-electron chi connectivity index (χ3n) is 4.91. The lowest BCUT2D eigenvalue weighted by Gasteiger charge is -2.32. The highest BCUT2D eigenvalue weighted by Gasteiger charge is 2.53. The first-order valence-corrected chi connectivity index (χ1v) is 7.70. The molecule has 0 aromatic heterocycles. The van der Waals surface area contributed by atoms with E-state index in [4.69, 9.17) is 0 Å². The number of hydrogen-bond acceptors (Lipinski definition) is 3. The molecule has 1 aliphatic heterocycles. The van der Waals surface area contributed by atoms with Crippen LogP contribution in [-0.2, 0) is 9.59 Å². The Morgan fingerprint density at radius 2 is 1.76 bits per heavy atom. The molecule has 112 valence electrons. The number of amides is 2. The number of aliphatic hydroxyl groups excluding tert-OH is 1. The Balaban J connectivity index is 1.90. The molecule has 0 bridgehead atoms. The number of rotatable bonds is 3. The summed E-state index contributed by atoms with van der Waals surface area (Å²) in [5, 5.41) is 9.72. The molecule has 1 atom stereocenters. The van der Waals surface area contributed by atoms with E-state index in [1.54, 1.807) is 0 Å². The predicted octanol–water partition coefficient (Wildman–Crippen LogP) is 2.43. The van der Waals surface area contributed by atoms with Crippen molar-refractivity contribution in [1.29, 1.82) is 0 Å². The zero-order valence-corrected chi connectivity index (χ0v) is 12.1. The summed E-state index contributed by atoms with van der Waals surface area (Å²) in [6.07, 6.45) is 5.10. The van der Waals surface area contributed by atoms with Gasteiger partial charge in [0.2, 0.25) is 11.8 Å². The van der Waals surface area contributed by atoms with Gasteiger partial charge in [-0.15, -0.1) is 0 Å². The lowest BCUT2D eigenvalue weighted by atomic mass is 9.73. The van der Waals surface area contributed by atoms with Crippen LogP contribution in [0.25, 0.3) is 0 Å². The topological polar surface area (TPSA) is 57.6 Å². The summed E-state index contributed by atoms with van der Waals surface area (Å²) in [5.74, 6) is -0.208. The third kappa shape index (κ3) is 2.38. The molecule has 4 nitrogen and oxygen atoms in total. The monoisotopic (exact) mass is 287 g/mol. The zero-order valence-electron chi connectivity index (χ0n) is 12.1. The maximum atomic E-state index is 12.9. The first kappa shape index (κ1) is 14.3. The minimum atomic E-state index is -0.549. The van der Waals surface area contributed by atoms with E-state index in [1.807, 2.05) is 30.3 Å². The molecule has 1 saturated heterocycles. The lowest BCUT2D eigenvalue weighted by molar-refractivity contribution is -0.146. The lowest BCUT2D eigenvalue weighted by Crippen LogP contribution is -2.40. The van der Waals surface area contributed by atoms with Crippen molar-refractivity contribution in [2.24, 2.45) is 5.41 Å².